The number of hydrogen-bond acceptors (Lipinski definition) is 4. The van der Waals surface area contributed by atoms with E-state index in [0.717, 1.165) is 29.0 Å². The number of amidine groups is 1. The zero-order valence-corrected chi connectivity index (χ0v) is 13.8. The maximum Gasteiger partial charge on any atom is 0.257 e. The van der Waals surface area contributed by atoms with Gasteiger partial charge in [0, 0.05) is 11.4 Å². The lowest BCUT2D eigenvalue weighted by Crippen LogP contribution is -2.34. The van der Waals surface area contributed by atoms with E-state index in [1.54, 1.807) is 0 Å². The summed E-state index contributed by atoms with van der Waals surface area (Å²) in [6, 6.07) is 8.55. The Morgan fingerprint density at radius 2 is 2.00 bits per heavy atom. The van der Waals surface area contributed by atoms with Crippen molar-refractivity contribution in [2.75, 3.05) is 12.3 Å². The molecule has 0 saturated heterocycles. The van der Waals surface area contributed by atoms with Crippen molar-refractivity contribution >= 4 is 32.6 Å². The lowest BCUT2D eigenvalue weighted by Gasteiger charge is -2.25. The smallest absolute Gasteiger partial charge is 0.257 e. The number of aryl methyl sites for hydroxylation is 1. The van der Waals surface area contributed by atoms with Gasteiger partial charge in [-0.3, -0.25) is 0 Å². The Hall–Kier alpha value is -1.27. The quantitative estimate of drug-likeness (QED) is 0.858. The maximum absolute atomic E-state index is 11.6. The molecule has 0 aliphatic carbocycles. The molecule has 0 unspecified atom stereocenters. The Morgan fingerprint density at radius 3 is 2.67 bits per heavy atom. The van der Waals surface area contributed by atoms with Gasteiger partial charge in [0.2, 0.25) is 0 Å². The molecule has 4 nitrogen and oxygen atoms in total. The molecule has 3 rings (SSSR count). The molecule has 2 heterocycles. The molecule has 2 aliphatic heterocycles. The molecule has 112 valence electrons. The molecule has 0 fully saturated rings. The third kappa shape index (κ3) is 2.87. The molecule has 0 N–H and O–H groups in total. The Labute approximate surface area is 130 Å². The molecule has 21 heavy (non-hydrogen) atoms. The average Bonchev–Trinajstić information content (AvgIpc) is 2.74. The zero-order chi connectivity index (χ0) is 15.0. The third-order valence-corrected chi connectivity index (χ3v) is 5.89. The summed E-state index contributed by atoms with van der Waals surface area (Å²) in [5.74, 6) is 0.0851. The summed E-state index contributed by atoms with van der Waals surface area (Å²) < 4.78 is 27.1. The lowest BCUT2D eigenvalue weighted by molar-refractivity contribution is 0.566. The van der Waals surface area contributed by atoms with E-state index in [9.17, 15) is 8.42 Å². The minimum Gasteiger partial charge on any atom is -0.318 e. The second-order valence-electron chi connectivity index (χ2n) is 5.27. The van der Waals surface area contributed by atoms with E-state index in [4.69, 9.17) is 0 Å². The fourth-order valence-electron chi connectivity index (χ4n) is 2.65. The summed E-state index contributed by atoms with van der Waals surface area (Å²) in [6.45, 7) is 4.68. The predicted molar refractivity (Wildman–Crippen MR) is 88.5 cm³/mol. The number of sulfonamides is 1. The SMILES string of the molecule is CCCc1ccc(C2=C(C)SC3=NS(=O)(=O)CCN32)cc1. The van der Waals surface area contributed by atoms with Crippen molar-refractivity contribution in [2.45, 2.75) is 26.7 Å². The monoisotopic (exact) mass is 322 g/mol. The van der Waals surface area contributed by atoms with Gasteiger partial charge in [0.1, 0.15) is 0 Å². The summed E-state index contributed by atoms with van der Waals surface area (Å²) in [5, 5.41) is 0.589. The first-order valence-corrected chi connectivity index (χ1v) is 9.51. The van der Waals surface area contributed by atoms with Crippen molar-refractivity contribution in [2.24, 2.45) is 4.40 Å². The van der Waals surface area contributed by atoms with Crippen LogP contribution in [0.25, 0.3) is 5.70 Å². The van der Waals surface area contributed by atoms with E-state index in [-0.39, 0.29) is 5.75 Å². The van der Waals surface area contributed by atoms with Gasteiger partial charge < -0.3 is 4.90 Å². The Kier molecular flexibility index (Phi) is 3.84. The highest BCUT2D eigenvalue weighted by molar-refractivity contribution is 8.18. The molecule has 6 heteroatoms. The van der Waals surface area contributed by atoms with Gasteiger partial charge in [0.25, 0.3) is 10.0 Å². The Balaban J connectivity index is 1.94. The molecular weight excluding hydrogens is 304 g/mol. The summed E-state index contributed by atoms with van der Waals surface area (Å²) in [4.78, 5) is 3.13. The lowest BCUT2D eigenvalue weighted by atomic mass is 10.1. The van der Waals surface area contributed by atoms with Gasteiger partial charge in [-0.05, 0) is 24.5 Å². The molecule has 0 amide bonds. The number of benzene rings is 1. The number of hydrogen-bond donors (Lipinski definition) is 0. The second kappa shape index (κ2) is 5.50. The molecular formula is C15H18N2O2S2. The summed E-state index contributed by atoms with van der Waals surface area (Å²) in [7, 11) is -3.28. The number of fused-ring (bicyclic) bond motifs is 1. The van der Waals surface area contributed by atoms with Gasteiger partial charge in [0.15, 0.2) is 5.17 Å². The van der Waals surface area contributed by atoms with E-state index >= 15 is 0 Å². The number of thioether (sulfide) groups is 1. The van der Waals surface area contributed by atoms with Crippen LogP contribution in [0.5, 0.6) is 0 Å². The van der Waals surface area contributed by atoms with E-state index in [2.05, 4.69) is 35.6 Å². The number of rotatable bonds is 3. The minimum atomic E-state index is -3.28. The van der Waals surface area contributed by atoms with Crippen LogP contribution in [-0.4, -0.2) is 30.8 Å². The van der Waals surface area contributed by atoms with Crippen LogP contribution in [0.1, 0.15) is 31.4 Å². The first-order chi connectivity index (χ1) is 10.00. The third-order valence-electron chi connectivity index (χ3n) is 3.63. The van der Waals surface area contributed by atoms with Gasteiger partial charge in [0.05, 0.1) is 11.4 Å². The second-order valence-corrected chi connectivity index (χ2v) is 8.20. The van der Waals surface area contributed by atoms with E-state index < -0.39 is 10.0 Å². The highest BCUT2D eigenvalue weighted by Crippen LogP contribution is 2.41. The summed E-state index contributed by atoms with van der Waals surface area (Å²) >= 11 is 1.45. The van der Waals surface area contributed by atoms with Gasteiger partial charge in [-0.15, -0.1) is 4.40 Å². The van der Waals surface area contributed by atoms with Crippen LogP contribution in [0.3, 0.4) is 0 Å². The Bertz CT molecular complexity index is 719. The van der Waals surface area contributed by atoms with Crippen molar-refractivity contribution in [1.82, 2.24) is 4.90 Å². The molecule has 2 aliphatic rings. The van der Waals surface area contributed by atoms with E-state index in [1.165, 1.54) is 17.3 Å². The molecule has 0 aromatic heterocycles. The Morgan fingerprint density at radius 1 is 1.29 bits per heavy atom. The summed E-state index contributed by atoms with van der Waals surface area (Å²) in [6.07, 6.45) is 2.22. The topological polar surface area (TPSA) is 49.7 Å². The largest absolute Gasteiger partial charge is 0.318 e. The molecule has 1 aromatic carbocycles. The number of nitrogens with zero attached hydrogens (tertiary/aromatic N) is 2. The van der Waals surface area contributed by atoms with Crippen molar-refractivity contribution in [3.8, 4) is 0 Å². The fraction of sp³-hybridized carbons (Fsp3) is 0.400. The molecule has 0 spiro atoms. The highest BCUT2D eigenvalue weighted by Gasteiger charge is 2.33. The normalized spacial score (nSPS) is 20.5. The van der Waals surface area contributed by atoms with Gasteiger partial charge >= 0.3 is 0 Å². The highest BCUT2D eigenvalue weighted by atomic mass is 32.2. The van der Waals surface area contributed by atoms with Crippen molar-refractivity contribution < 1.29 is 8.42 Å². The molecule has 0 atom stereocenters. The standard InChI is InChI=1S/C15H18N2O2S2/c1-3-4-12-5-7-13(8-6-12)14-11(2)20-15-16-21(18,19)10-9-17(14)15/h5-8H,3-4,9-10H2,1-2H3. The molecule has 1 aromatic rings. The van der Waals surface area contributed by atoms with E-state index in [1.807, 2.05) is 11.8 Å². The van der Waals surface area contributed by atoms with Crippen LogP contribution < -0.4 is 0 Å². The zero-order valence-electron chi connectivity index (χ0n) is 12.2. The predicted octanol–water partition coefficient (Wildman–Crippen LogP) is 3.08. The van der Waals surface area contributed by atoms with Crippen molar-refractivity contribution in [1.29, 1.82) is 0 Å². The minimum absolute atomic E-state index is 0.0851. The van der Waals surface area contributed by atoms with Crippen LogP contribution in [0.15, 0.2) is 33.6 Å². The molecule has 0 bridgehead atoms. The summed E-state index contributed by atoms with van der Waals surface area (Å²) in [5.41, 5.74) is 3.56. The first-order valence-electron chi connectivity index (χ1n) is 7.08. The van der Waals surface area contributed by atoms with E-state index in [0.29, 0.717) is 11.7 Å². The molecule has 0 radical (unpaired) electrons. The van der Waals surface area contributed by atoms with Crippen molar-refractivity contribution in [3.63, 3.8) is 0 Å². The van der Waals surface area contributed by atoms with Crippen LogP contribution >= 0.6 is 11.8 Å². The first kappa shape index (κ1) is 14.7. The van der Waals surface area contributed by atoms with Crippen LogP contribution in [0.2, 0.25) is 0 Å². The fourth-order valence-corrected chi connectivity index (χ4v) is 4.87. The number of allylic oxidation sites excluding steroid dienone is 1. The van der Waals surface area contributed by atoms with Crippen LogP contribution in [-0.2, 0) is 16.4 Å². The van der Waals surface area contributed by atoms with Crippen molar-refractivity contribution in [3.05, 3.63) is 40.3 Å². The van der Waals surface area contributed by atoms with Crippen LogP contribution in [0.4, 0.5) is 0 Å². The van der Waals surface area contributed by atoms with Gasteiger partial charge in [-0.25, -0.2) is 8.42 Å². The maximum atomic E-state index is 11.6. The van der Waals surface area contributed by atoms with Gasteiger partial charge in [-0.2, -0.15) is 0 Å². The van der Waals surface area contributed by atoms with Gasteiger partial charge in [-0.1, -0.05) is 49.4 Å². The molecule has 0 saturated carbocycles. The van der Waals surface area contributed by atoms with Crippen LogP contribution in [0, 0.1) is 0 Å². The average molecular weight is 322 g/mol.